The minimum atomic E-state index is -0.269. The molecule has 3 rings (SSSR count). The molecular formula is C14H14N2O2S2. The summed E-state index contributed by atoms with van der Waals surface area (Å²) in [7, 11) is 0. The average Bonchev–Trinajstić information content (AvgIpc) is 3.06. The third kappa shape index (κ3) is 2.14. The lowest BCUT2D eigenvalue weighted by molar-refractivity contribution is 0.0531. The van der Waals surface area contributed by atoms with Crippen LogP contribution in [0.15, 0.2) is 18.3 Å². The van der Waals surface area contributed by atoms with Gasteiger partial charge < -0.3 is 4.74 Å². The lowest BCUT2D eigenvalue weighted by atomic mass is 10.3. The van der Waals surface area contributed by atoms with Crippen LogP contribution in [0.3, 0.4) is 0 Å². The Labute approximate surface area is 124 Å². The minimum Gasteiger partial charge on any atom is -0.462 e. The standard InChI is InChI=1S/C14H14N2O2S2/c1-4-18-13(17)12-9(3)16-7-10(15-14(16)20-12)11-6-5-8(2)19-11/h5-7H,4H2,1-3H3. The van der Waals surface area contributed by atoms with Gasteiger partial charge in [-0.1, -0.05) is 11.3 Å². The number of imidazole rings is 1. The van der Waals surface area contributed by atoms with Gasteiger partial charge in [-0.05, 0) is 32.9 Å². The molecule has 3 heterocycles. The molecule has 0 N–H and O–H groups in total. The number of thiophene rings is 1. The molecule has 0 aromatic carbocycles. The molecule has 104 valence electrons. The number of hydrogen-bond donors (Lipinski definition) is 0. The number of carbonyl (C=O) groups is 1. The fourth-order valence-corrected chi connectivity index (χ4v) is 3.85. The molecule has 0 saturated carbocycles. The predicted molar refractivity (Wildman–Crippen MR) is 81.8 cm³/mol. The van der Waals surface area contributed by atoms with Gasteiger partial charge in [0.05, 0.1) is 11.5 Å². The van der Waals surface area contributed by atoms with Gasteiger partial charge in [-0.2, -0.15) is 0 Å². The number of esters is 1. The second-order valence-electron chi connectivity index (χ2n) is 4.43. The maximum atomic E-state index is 11.8. The van der Waals surface area contributed by atoms with Crippen LogP contribution >= 0.6 is 22.7 Å². The highest BCUT2D eigenvalue weighted by atomic mass is 32.1. The first kappa shape index (κ1) is 13.3. The van der Waals surface area contributed by atoms with E-state index in [9.17, 15) is 4.79 Å². The Kier molecular flexibility index (Phi) is 3.35. The Bertz CT molecular complexity index is 782. The summed E-state index contributed by atoms with van der Waals surface area (Å²) in [5, 5.41) is 0. The molecule has 0 aliphatic carbocycles. The fourth-order valence-electron chi connectivity index (χ4n) is 2.03. The predicted octanol–water partition coefficient (Wildman–Crippen LogP) is 3.92. The number of fused-ring (bicyclic) bond motifs is 1. The molecule has 0 unspecified atom stereocenters. The van der Waals surface area contributed by atoms with Crippen molar-refractivity contribution in [3.05, 3.63) is 33.8 Å². The summed E-state index contributed by atoms with van der Waals surface area (Å²) in [6.07, 6.45) is 1.98. The van der Waals surface area contributed by atoms with E-state index < -0.39 is 0 Å². The first-order chi connectivity index (χ1) is 9.60. The van der Waals surface area contributed by atoms with Crippen LogP contribution in [0.2, 0.25) is 0 Å². The second-order valence-corrected chi connectivity index (χ2v) is 6.69. The summed E-state index contributed by atoms with van der Waals surface area (Å²) in [6, 6.07) is 4.17. The highest BCUT2D eigenvalue weighted by molar-refractivity contribution is 7.19. The lowest BCUT2D eigenvalue weighted by Crippen LogP contribution is -2.04. The van der Waals surface area contributed by atoms with Crippen molar-refractivity contribution in [2.24, 2.45) is 0 Å². The summed E-state index contributed by atoms with van der Waals surface area (Å²) in [5.74, 6) is -0.269. The van der Waals surface area contributed by atoms with Gasteiger partial charge >= 0.3 is 5.97 Å². The lowest BCUT2D eigenvalue weighted by Gasteiger charge is -1.99. The van der Waals surface area contributed by atoms with Crippen molar-refractivity contribution in [1.29, 1.82) is 0 Å². The smallest absolute Gasteiger partial charge is 0.350 e. The van der Waals surface area contributed by atoms with E-state index in [1.807, 2.05) is 24.4 Å². The van der Waals surface area contributed by atoms with Crippen molar-refractivity contribution in [3.63, 3.8) is 0 Å². The monoisotopic (exact) mass is 306 g/mol. The van der Waals surface area contributed by atoms with Crippen LogP contribution in [-0.4, -0.2) is 22.0 Å². The van der Waals surface area contributed by atoms with Crippen LogP contribution in [0, 0.1) is 13.8 Å². The maximum absolute atomic E-state index is 11.8. The Morgan fingerprint density at radius 1 is 1.35 bits per heavy atom. The molecule has 0 radical (unpaired) electrons. The van der Waals surface area contributed by atoms with E-state index in [0.29, 0.717) is 11.5 Å². The molecule has 0 amide bonds. The van der Waals surface area contributed by atoms with E-state index in [4.69, 9.17) is 4.74 Å². The number of ether oxygens (including phenoxy) is 1. The number of aromatic nitrogens is 2. The number of thiazole rings is 1. The molecule has 0 saturated heterocycles. The van der Waals surface area contributed by atoms with Crippen molar-refractivity contribution < 1.29 is 9.53 Å². The Morgan fingerprint density at radius 3 is 2.75 bits per heavy atom. The van der Waals surface area contributed by atoms with Crippen LogP contribution in [0.1, 0.15) is 27.2 Å². The largest absolute Gasteiger partial charge is 0.462 e. The Morgan fingerprint density at radius 2 is 2.15 bits per heavy atom. The van der Waals surface area contributed by atoms with Gasteiger partial charge in [0, 0.05) is 16.8 Å². The molecule has 0 fully saturated rings. The van der Waals surface area contributed by atoms with Gasteiger partial charge in [0.15, 0.2) is 4.96 Å². The highest BCUT2D eigenvalue weighted by Crippen LogP contribution is 2.31. The van der Waals surface area contributed by atoms with Gasteiger partial charge in [0.25, 0.3) is 0 Å². The molecule has 6 heteroatoms. The highest BCUT2D eigenvalue weighted by Gasteiger charge is 2.19. The first-order valence-electron chi connectivity index (χ1n) is 6.32. The number of carbonyl (C=O) groups excluding carboxylic acids is 1. The van der Waals surface area contributed by atoms with Crippen LogP contribution in [-0.2, 0) is 4.74 Å². The van der Waals surface area contributed by atoms with Crippen LogP contribution in [0.25, 0.3) is 15.5 Å². The van der Waals surface area contributed by atoms with Gasteiger partial charge in [-0.25, -0.2) is 9.78 Å². The van der Waals surface area contributed by atoms with Crippen molar-refractivity contribution in [2.75, 3.05) is 6.61 Å². The van der Waals surface area contributed by atoms with E-state index in [1.165, 1.54) is 16.2 Å². The van der Waals surface area contributed by atoms with Gasteiger partial charge in [-0.15, -0.1) is 11.3 Å². The van der Waals surface area contributed by atoms with Gasteiger partial charge in [0.1, 0.15) is 10.6 Å². The number of hydrogen-bond acceptors (Lipinski definition) is 5. The first-order valence-corrected chi connectivity index (χ1v) is 7.96. The topological polar surface area (TPSA) is 43.6 Å². The van der Waals surface area contributed by atoms with E-state index in [-0.39, 0.29) is 5.97 Å². The molecule has 0 bridgehead atoms. The van der Waals surface area contributed by atoms with E-state index in [1.54, 1.807) is 11.3 Å². The second kappa shape index (κ2) is 5.03. The normalized spacial score (nSPS) is 11.2. The minimum absolute atomic E-state index is 0.269. The third-order valence-electron chi connectivity index (χ3n) is 3.01. The third-order valence-corrected chi connectivity index (χ3v) is 5.17. The van der Waals surface area contributed by atoms with E-state index in [0.717, 1.165) is 21.2 Å². The molecule has 3 aromatic heterocycles. The van der Waals surface area contributed by atoms with Crippen LogP contribution in [0.4, 0.5) is 0 Å². The molecule has 20 heavy (non-hydrogen) atoms. The Hall–Kier alpha value is -1.66. The Balaban J connectivity index is 2.04. The molecule has 0 atom stereocenters. The molecule has 3 aromatic rings. The summed E-state index contributed by atoms with van der Waals surface area (Å²) >= 11 is 3.10. The van der Waals surface area contributed by atoms with Crippen LogP contribution < -0.4 is 0 Å². The number of rotatable bonds is 3. The van der Waals surface area contributed by atoms with Crippen molar-refractivity contribution in [3.8, 4) is 10.6 Å². The van der Waals surface area contributed by atoms with Crippen LogP contribution in [0.5, 0.6) is 0 Å². The van der Waals surface area contributed by atoms with E-state index in [2.05, 4.69) is 24.0 Å². The zero-order valence-electron chi connectivity index (χ0n) is 11.5. The van der Waals surface area contributed by atoms with Gasteiger partial charge in [0.2, 0.25) is 0 Å². The zero-order valence-corrected chi connectivity index (χ0v) is 13.1. The summed E-state index contributed by atoms with van der Waals surface area (Å²) < 4.78 is 7.02. The SMILES string of the molecule is CCOC(=O)c1sc2nc(-c3ccc(C)s3)cn2c1C. The summed E-state index contributed by atoms with van der Waals surface area (Å²) in [6.45, 7) is 6.19. The molecule has 0 spiro atoms. The summed E-state index contributed by atoms with van der Waals surface area (Å²) in [4.78, 5) is 20.3. The molecule has 0 aliphatic heterocycles. The van der Waals surface area contributed by atoms with Crippen molar-refractivity contribution >= 4 is 33.6 Å². The summed E-state index contributed by atoms with van der Waals surface area (Å²) in [5.41, 5.74) is 1.84. The molecule has 4 nitrogen and oxygen atoms in total. The van der Waals surface area contributed by atoms with E-state index >= 15 is 0 Å². The fraction of sp³-hybridized carbons (Fsp3) is 0.286. The van der Waals surface area contributed by atoms with Crippen molar-refractivity contribution in [1.82, 2.24) is 9.38 Å². The number of aryl methyl sites for hydroxylation is 2. The zero-order chi connectivity index (χ0) is 14.3. The quantitative estimate of drug-likeness (QED) is 0.689. The maximum Gasteiger partial charge on any atom is 0.350 e. The van der Waals surface area contributed by atoms with Crippen molar-refractivity contribution in [2.45, 2.75) is 20.8 Å². The molecular weight excluding hydrogens is 292 g/mol. The average molecular weight is 306 g/mol. The van der Waals surface area contributed by atoms with Gasteiger partial charge in [-0.3, -0.25) is 4.40 Å². The number of nitrogens with zero attached hydrogens (tertiary/aromatic N) is 2. The molecule has 0 aliphatic rings.